The lowest BCUT2D eigenvalue weighted by molar-refractivity contribution is 0.295. The largest absolute Gasteiger partial charge is 0.320 e. The van der Waals surface area contributed by atoms with Crippen LogP contribution in [-0.4, -0.2) is 44.8 Å². The predicted octanol–water partition coefficient (Wildman–Crippen LogP) is 1.03. The zero-order valence-electron chi connectivity index (χ0n) is 12.0. The van der Waals surface area contributed by atoms with E-state index in [4.69, 9.17) is 0 Å². The first-order valence-electron chi connectivity index (χ1n) is 6.74. The summed E-state index contributed by atoms with van der Waals surface area (Å²) < 4.78 is 2.00. The standard InChI is InChI=1S/C13H25N5/c1-13(2,3)14-7-11-5-6-18(8-11)9-12-16-15-10-17(12)4/h10-11,14H,5-9H2,1-4H3. The van der Waals surface area contributed by atoms with Crippen molar-refractivity contribution in [2.75, 3.05) is 19.6 Å². The van der Waals surface area contributed by atoms with Crippen LogP contribution in [0, 0.1) is 5.92 Å². The number of hydrogen-bond donors (Lipinski definition) is 1. The topological polar surface area (TPSA) is 46.0 Å². The van der Waals surface area contributed by atoms with Gasteiger partial charge in [-0.05, 0) is 46.2 Å². The van der Waals surface area contributed by atoms with Crippen molar-refractivity contribution in [3.05, 3.63) is 12.2 Å². The van der Waals surface area contributed by atoms with E-state index in [0.717, 1.165) is 31.4 Å². The van der Waals surface area contributed by atoms with Crippen LogP contribution in [0.2, 0.25) is 0 Å². The Morgan fingerprint density at radius 2 is 2.22 bits per heavy atom. The molecule has 0 aliphatic carbocycles. The van der Waals surface area contributed by atoms with Crippen molar-refractivity contribution in [3.8, 4) is 0 Å². The summed E-state index contributed by atoms with van der Waals surface area (Å²) in [5.74, 6) is 1.82. The molecule has 0 bridgehead atoms. The van der Waals surface area contributed by atoms with Gasteiger partial charge in [0.05, 0.1) is 6.54 Å². The number of nitrogens with one attached hydrogen (secondary N) is 1. The molecule has 0 saturated carbocycles. The molecule has 1 aliphatic rings. The number of nitrogens with zero attached hydrogens (tertiary/aromatic N) is 4. The zero-order valence-corrected chi connectivity index (χ0v) is 12.0. The van der Waals surface area contributed by atoms with Gasteiger partial charge in [-0.3, -0.25) is 4.90 Å². The van der Waals surface area contributed by atoms with Gasteiger partial charge >= 0.3 is 0 Å². The highest BCUT2D eigenvalue weighted by Crippen LogP contribution is 2.18. The quantitative estimate of drug-likeness (QED) is 0.868. The highest BCUT2D eigenvalue weighted by molar-refractivity contribution is 4.88. The van der Waals surface area contributed by atoms with Crippen molar-refractivity contribution in [1.29, 1.82) is 0 Å². The highest BCUT2D eigenvalue weighted by atomic mass is 15.3. The Morgan fingerprint density at radius 1 is 1.44 bits per heavy atom. The molecule has 2 rings (SSSR count). The summed E-state index contributed by atoms with van der Waals surface area (Å²) in [4.78, 5) is 2.47. The van der Waals surface area contributed by atoms with Crippen LogP contribution >= 0.6 is 0 Å². The Bertz CT molecular complexity index is 379. The van der Waals surface area contributed by atoms with Crippen LogP contribution in [0.25, 0.3) is 0 Å². The fraction of sp³-hybridized carbons (Fsp3) is 0.846. The lowest BCUT2D eigenvalue weighted by Gasteiger charge is -2.23. The van der Waals surface area contributed by atoms with E-state index in [9.17, 15) is 0 Å². The Morgan fingerprint density at radius 3 is 2.83 bits per heavy atom. The monoisotopic (exact) mass is 251 g/mol. The van der Waals surface area contributed by atoms with Gasteiger partial charge in [0.25, 0.3) is 0 Å². The number of aromatic nitrogens is 3. The predicted molar refractivity (Wildman–Crippen MR) is 72.1 cm³/mol. The fourth-order valence-corrected chi connectivity index (χ4v) is 2.32. The second-order valence-corrected chi connectivity index (χ2v) is 6.38. The first-order chi connectivity index (χ1) is 8.44. The third kappa shape index (κ3) is 3.78. The molecular weight excluding hydrogens is 226 g/mol. The molecule has 1 atom stereocenters. The third-order valence-corrected chi connectivity index (χ3v) is 3.46. The van der Waals surface area contributed by atoms with Crippen LogP contribution in [0.5, 0.6) is 0 Å². The highest BCUT2D eigenvalue weighted by Gasteiger charge is 2.24. The van der Waals surface area contributed by atoms with E-state index in [1.165, 1.54) is 13.0 Å². The van der Waals surface area contributed by atoms with E-state index < -0.39 is 0 Å². The molecule has 2 heterocycles. The normalized spacial score (nSPS) is 21.7. The average Bonchev–Trinajstić information content (AvgIpc) is 2.86. The van der Waals surface area contributed by atoms with Gasteiger partial charge < -0.3 is 9.88 Å². The van der Waals surface area contributed by atoms with Crippen molar-refractivity contribution >= 4 is 0 Å². The van der Waals surface area contributed by atoms with Gasteiger partial charge in [-0.1, -0.05) is 0 Å². The van der Waals surface area contributed by atoms with E-state index >= 15 is 0 Å². The Kier molecular flexibility index (Phi) is 4.02. The molecule has 5 nitrogen and oxygen atoms in total. The summed E-state index contributed by atoms with van der Waals surface area (Å²) >= 11 is 0. The van der Waals surface area contributed by atoms with Crippen LogP contribution in [0.3, 0.4) is 0 Å². The molecule has 1 aliphatic heterocycles. The molecular formula is C13H25N5. The molecule has 1 N–H and O–H groups in total. The van der Waals surface area contributed by atoms with Gasteiger partial charge in [-0.2, -0.15) is 0 Å². The van der Waals surface area contributed by atoms with Crippen LogP contribution in [-0.2, 0) is 13.6 Å². The third-order valence-electron chi connectivity index (χ3n) is 3.46. The van der Waals surface area contributed by atoms with Crippen LogP contribution in [0.1, 0.15) is 33.0 Å². The minimum atomic E-state index is 0.219. The van der Waals surface area contributed by atoms with Gasteiger partial charge in [0.15, 0.2) is 0 Å². The summed E-state index contributed by atoms with van der Waals surface area (Å²) in [5.41, 5.74) is 0.219. The SMILES string of the molecule is Cn1cnnc1CN1CCC(CNC(C)(C)C)C1. The maximum Gasteiger partial charge on any atom is 0.146 e. The van der Waals surface area contributed by atoms with E-state index in [1.807, 2.05) is 11.6 Å². The summed E-state index contributed by atoms with van der Waals surface area (Å²) in [6.45, 7) is 11.0. The summed E-state index contributed by atoms with van der Waals surface area (Å²) in [6, 6.07) is 0. The lowest BCUT2D eigenvalue weighted by atomic mass is 10.1. The summed E-state index contributed by atoms with van der Waals surface area (Å²) in [5, 5.41) is 11.7. The van der Waals surface area contributed by atoms with Gasteiger partial charge in [-0.25, -0.2) is 0 Å². The molecule has 1 aromatic rings. The Balaban J connectivity index is 1.77. The Hall–Kier alpha value is -0.940. The maximum atomic E-state index is 4.15. The van der Waals surface area contributed by atoms with Crippen molar-refractivity contribution in [1.82, 2.24) is 25.0 Å². The van der Waals surface area contributed by atoms with Crippen LogP contribution in [0.4, 0.5) is 0 Å². The molecule has 0 spiro atoms. The van der Waals surface area contributed by atoms with E-state index in [1.54, 1.807) is 6.33 Å². The fourth-order valence-electron chi connectivity index (χ4n) is 2.32. The van der Waals surface area contributed by atoms with Crippen molar-refractivity contribution in [2.24, 2.45) is 13.0 Å². The maximum absolute atomic E-state index is 4.15. The lowest BCUT2D eigenvalue weighted by Crippen LogP contribution is -2.39. The first kappa shape index (κ1) is 13.5. The number of hydrogen-bond acceptors (Lipinski definition) is 4. The molecule has 1 aromatic heterocycles. The molecule has 1 unspecified atom stereocenters. The molecule has 18 heavy (non-hydrogen) atoms. The average molecular weight is 251 g/mol. The second kappa shape index (κ2) is 5.36. The summed E-state index contributed by atoms with van der Waals surface area (Å²) in [6.07, 6.45) is 3.05. The van der Waals surface area contributed by atoms with Gasteiger partial charge in [0.2, 0.25) is 0 Å². The van der Waals surface area contributed by atoms with Crippen molar-refractivity contribution in [3.63, 3.8) is 0 Å². The van der Waals surface area contributed by atoms with E-state index in [-0.39, 0.29) is 5.54 Å². The number of aryl methyl sites for hydroxylation is 1. The molecule has 0 aromatic carbocycles. The zero-order chi connectivity index (χ0) is 13.2. The number of rotatable bonds is 4. The summed E-state index contributed by atoms with van der Waals surface area (Å²) in [7, 11) is 2.00. The van der Waals surface area contributed by atoms with Crippen LogP contribution < -0.4 is 5.32 Å². The number of likely N-dealkylation sites (tertiary alicyclic amines) is 1. The second-order valence-electron chi connectivity index (χ2n) is 6.38. The molecule has 102 valence electrons. The molecule has 0 radical (unpaired) electrons. The minimum absolute atomic E-state index is 0.219. The minimum Gasteiger partial charge on any atom is -0.320 e. The van der Waals surface area contributed by atoms with Crippen LogP contribution in [0.15, 0.2) is 6.33 Å². The smallest absolute Gasteiger partial charge is 0.146 e. The molecule has 1 saturated heterocycles. The van der Waals surface area contributed by atoms with Gasteiger partial charge in [-0.15, -0.1) is 10.2 Å². The van der Waals surface area contributed by atoms with Gasteiger partial charge in [0.1, 0.15) is 12.2 Å². The molecule has 5 heteroatoms. The molecule has 1 fully saturated rings. The van der Waals surface area contributed by atoms with Crippen molar-refractivity contribution in [2.45, 2.75) is 39.3 Å². The first-order valence-corrected chi connectivity index (χ1v) is 6.74. The van der Waals surface area contributed by atoms with E-state index in [0.29, 0.717) is 0 Å². The van der Waals surface area contributed by atoms with Crippen molar-refractivity contribution < 1.29 is 0 Å². The van der Waals surface area contributed by atoms with Gasteiger partial charge in [0, 0.05) is 19.1 Å². The van der Waals surface area contributed by atoms with E-state index in [2.05, 4.69) is 41.2 Å². The molecule has 0 amide bonds. The Labute approximate surface area is 110 Å².